The molecule has 0 heterocycles. The highest BCUT2D eigenvalue weighted by molar-refractivity contribution is 5.23. The molecule has 0 aliphatic heterocycles. The molecule has 106 valence electrons. The van der Waals surface area contributed by atoms with Crippen LogP contribution in [-0.2, 0) is 6.42 Å². The molecule has 0 amide bonds. The monoisotopic (exact) mass is 259 g/mol. The molecule has 1 N–H and O–H groups in total. The smallest absolute Gasteiger partial charge is 0.0136 e. The van der Waals surface area contributed by atoms with E-state index < -0.39 is 0 Å². The first kappa shape index (κ1) is 14.6. The number of nitrogens with one attached hydrogen (secondary N) is 1. The molecule has 0 saturated heterocycles. The summed E-state index contributed by atoms with van der Waals surface area (Å²) in [6.07, 6.45) is 9.59. The largest absolute Gasteiger partial charge is 0.313 e. The van der Waals surface area contributed by atoms with E-state index >= 15 is 0 Å². The van der Waals surface area contributed by atoms with Crippen LogP contribution in [0.3, 0.4) is 0 Å². The first-order chi connectivity index (χ1) is 9.29. The Hall–Kier alpha value is -0.820. The summed E-state index contributed by atoms with van der Waals surface area (Å²) in [5, 5.41) is 3.81. The lowest BCUT2D eigenvalue weighted by Crippen LogP contribution is -2.39. The van der Waals surface area contributed by atoms with Gasteiger partial charge in [0.05, 0.1) is 0 Å². The topological polar surface area (TPSA) is 12.0 Å². The second kappa shape index (κ2) is 7.69. The minimum Gasteiger partial charge on any atom is -0.313 e. The lowest BCUT2D eigenvalue weighted by atomic mass is 9.81. The summed E-state index contributed by atoms with van der Waals surface area (Å²) in [6.45, 7) is 5.61. The first-order valence-electron chi connectivity index (χ1n) is 8.08. The van der Waals surface area contributed by atoms with Crippen molar-refractivity contribution >= 4 is 0 Å². The van der Waals surface area contributed by atoms with Crippen molar-refractivity contribution < 1.29 is 0 Å². The molecule has 0 aromatic heterocycles. The van der Waals surface area contributed by atoms with Crippen LogP contribution in [0.5, 0.6) is 0 Å². The molecule has 1 fully saturated rings. The molecule has 1 aromatic rings. The van der Waals surface area contributed by atoms with Gasteiger partial charge in [-0.1, -0.05) is 56.0 Å². The Morgan fingerprint density at radius 1 is 1.21 bits per heavy atom. The average molecular weight is 259 g/mol. The fraction of sp³-hybridized carbons (Fsp3) is 0.667. The van der Waals surface area contributed by atoms with E-state index in [4.69, 9.17) is 0 Å². The molecule has 1 heteroatoms. The molecule has 0 bridgehead atoms. The van der Waals surface area contributed by atoms with E-state index in [0.29, 0.717) is 6.04 Å². The predicted octanol–water partition coefficient (Wildman–Crippen LogP) is 4.49. The van der Waals surface area contributed by atoms with Crippen molar-refractivity contribution in [1.82, 2.24) is 5.32 Å². The first-order valence-corrected chi connectivity index (χ1v) is 8.08. The van der Waals surface area contributed by atoms with E-state index in [9.17, 15) is 0 Å². The van der Waals surface area contributed by atoms with Crippen molar-refractivity contribution in [2.24, 2.45) is 5.92 Å². The van der Waals surface area contributed by atoms with Gasteiger partial charge in [0.25, 0.3) is 0 Å². The van der Waals surface area contributed by atoms with Gasteiger partial charge >= 0.3 is 0 Å². The van der Waals surface area contributed by atoms with Crippen LogP contribution in [-0.4, -0.2) is 12.6 Å². The highest BCUT2D eigenvalue weighted by Gasteiger charge is 2.23. The summed E-state index contributed by atoms with van der Waals surface area (Å²) in [5.41, 5.74) is 2.88. The molecule has 1 atom stereocenters. The minimum absolute atomic E-state index is 0.682. The fourth-order valence-corrected chi connectivity index (χ4v) is 3.36. The van der Waals surface area contributed by atoms with Gasteiger partial charge in [0, 0.05) is 6.04 Å². The van der Waals surface area contributed by atoms with Gasteiger partial charge in [-0.05, 0) is 50.6 Å². The van der Waals surface area contributed by atoms with Crippen LogP contribution in [0.25, 0.3) is 0 Å². The Labute approximate surface area is 118 Å². The molecular formula is C18H29N. The zero-order valence-corrected chi connectivity index (χ0v) is 12.6. The SMILES string of the molecule is CCCNC(Cc1cccc(C)c1)C1CCCCC1. The number of hydrogen-bond acceptors (Lipinski definition) is 1. The van der Waals surface area contributed by atoms with Crippen molar-refractivity contribution in [3.8, 4) is 0 Å². The Morgan fingerprint density at radius 3 is 2.68 bits per heavy atom. The lowest BCUT2D eigenvalue weighted by molar-refractivity contribution is 0.267. The van der Waals surface area contributed by atoms with Crippen LogP contribution < -0.4 is 5.32 Å². The Bertz CT molecular complexity index is 366. The zero-order valence-electron chi connectivity index (χ0n) is 12.6. The van der Waals surface area contributed by atoms with Gasteiger partial charge in [0.1, 0.15) is 0 Å². The highest BCUT2D eigenvalue weighted by Crippen LogP contribution is 2.28. The van der Waals surface area contributed by atoms with Gasteiger partial charge in [-0.2, -0.15) is 0 Å². The van der Waals surface area contributed by atoms with Gasteiger partial charge < -0.3 is 5.32 Å². The van der Waals surface area contributed by atoms with E-state index in [-0.39, 0.29) is 0 Å². The third-order valence-corrected chi connectivity index (χ3v) is 4.41. The van der Waals surface area contributed by atoms with E-state index in [1.54, 1.807) is 0 Å². The maximum Gasteiger partial charge on any atom is 0.0136 e. The van der Waals surface area contributed by atoms with Crippen LogP contribution in [0.1, 0.15) is 56.6 Å². The summed E-state index contributed by atoms with van der Waals surface area (Å²) in [6, 6.07) is 9.71. The lowest BCUT2D eigenvalue weighted by Gasteiger charge is -2.31. The Morgan fingerprint density at radius 2 is 2.00 bits per heavy atom. The van der Waals surface area contributed by atoms with E-state index in [1.807, 2.05) is 0 Å². The molecule has 1 aromatic carbocycles. The van der Waals surface area contributed by atoms with Gasteiger partial charge in [0.15, 0.2) is 0 Å². The molecule has 1 unspecified atom stereocenters. The molecule has 1 aliphatic carbocycles. The maximum atomic E-state index is 3.81. The van der Waals surface area contributed by atoms with E-state index in [2.05, 4.69) is 43.4 Å². The third kappa shape index (κ3) is 4.65. The molecule has 19 heavy (non-hydrogen) atoms. The molecular weight excluding hydrogens is 230 g/mol. The van der Waals surface area contributed by atoms with Gasteiger partial charge in [-0.25, -0.2) is 0 Å². The van der Waals surface area contributed by atoms with Crippen LogP contribution in [0.15, 0.2) is 24.3 Å². The van der Waals surface area contributed by atoms with Gasteiger partial charge in [-0.15, -0.1) is 0 Å². The highest BCUT2D eigenvalue weighted by atomic mass is 14.9. The fourth-order valence-electron chi connectivity index (χ4n) is 3.36. The van der Waals surface area contributed by atoms with Crippen LogP contribution in [0, 0.1) is 12.8 Å². The molecule has 0 radical (unpaired) electrons. The predicted molar refractivity (Wildman–Crippen MR) is 83.5 cm³/mol. The van der Waals surface area contributed by atoms with Crippen molar-refractivity contribution in [1.29, 1.82) is 0 Å². The van der Waals surface area contributed by atoms with Crippen molar-refractivity contribution in [2.75, 3.05) is 6.54 Å². The number of hydrogen-bond donors (Lipinski definition) is 1. The summed E-state index contributed by atoms with van der Waals surface area (Å²) < 4.78 is 0. The summed E-state index contributed by atoms with van der Waals surface area (Å²) in [5.74, 6) is 0.890. The molecule has 0 spiro atoms. The van der Waals surface area contributed by atoms with Crippen LogP contribution >= 0.6 is 0 Å². The van der Waals surface area contributed by atoms with Crippen molar-refractivity contribution in [3.63, 3.8) is 0 Å². The quantitative estimate of drug-likeness (QED) is 0.794. The normalized spacial score (nSPS) is 18.4. The third-order valence-electron chi connectivity index (χ3n) is 4.41. The Kier molecular flexibility index (Phi) is 5.91. The molecule has 2 rings (SSSR count). The second-order valence-corrected chi connectivity index (χ2v) is 6.15. The summed E-state index contributed by atoms with van der Waals surface area (Å²) >= 11 is 0. The number of rotatable bonds is 6. The number of aryl methyl sites for hydroxylation is 1. The minimum atomic E-state index is 0.682. The van der Waals surface area contributed by atoms with Gasteiger partial charge in [-0.3, -0.25) is 0 Å². The van der Waals surface area contributed by atoms with Crippen molar-refractivity contribution in [2.45, 2.75) is 64.8 Å². The van der Waals surface area contributed by atoms with Crippen LogP contribution in [0.2, 0.25) is 0 Å². The summed E-state index contributed by atoms with van der Waals surface area (Å²) in [7, 11) is 0. The number of benzene rings is 1. The maximum absolute atomic E-state index is 3.81. The molecule has 1 saturated carbocycles. The van der Waals surface area contributed by atoms with E-state index in [0.717, 1.165) is 12.5 Å². The standard InChI is InChI=1S/C18H29N/c1-3-12-19-18(17-10-5-4-6-11-17)14-16-9-7-8-15(2)13-16/h7-9,13,17-19H,3-6,10-12,14H2,1-2H3. The van der Waals surface area contributed by atoms with E-state index in [1.165, 1.54) is 56.1 Å². The molecule has 1 nitrogen and oxygen atoms in total. The van der Waals surface area contributed by atoms with Gasteiger partial charge in [0.2, 0.25) is 0 Å². The summed E-state index contributed by atoms with van der Waals surface area (Å²) in [4.78, 5) is 0. The average Bonchev–Trinajstić information content (AvgIpc) is 2.44. The second-order valence-electron chi connectivity index (χ2n) is 6.15. The Balaban J connectivity index is 1.99. The zero-order chi connectivity index (χ0) is 13.5. The van der Waals surface area contributed by atoms with Crippen molar-refractivity contribution in [3.05, 3.63) is 35.4 Å². The van der Waals surface area contributed by atoms with Crippen LogP contribution in [0.4, 0.5) is 0 Å². The molecule has 1 aliphatic rings.